The van der Waals surface area contributed by atoms with E-state index in [0.717, 1.165) is 25.7 Å². The van der Waals surface area contributed by atoms with Gasteiger partial charge < -0.3 is 14.2 Å². The highest BCUT2D eigenvalue weighted by Gasteiger charge is 2.44. The first-order chi connectivity index (χ1) is 12.5. The fraction of sp³-hybridized carbons (Fsp3) is 0.684. The van der Waals surface area contributed by atoms with E-state index in [1.807, 2.05) is 13.8 Å². The molecule has 1 atom stereocenters. The summed E-state index contributed by atoms with van der Waals surface area (Å²) in [4.78, 5) is 0.318. The second-order valence-electron chi connectivity index (χ2n) is 6.93. The van der Waals surface area contributed by atoms with Crippen molar-refractivity contribution in [2.24, 2.45) is 0 Å². The minimum absolute atomic E-state index is 0.143. The number of nitrogens with zero attached hydrogens (tertiary/aromatic N) is 1. The maximum atomic E-state index is 12.9. The quantitative estimate of drug-likeness (QED) is 0.724. The van der Waals surface area contributed by atoms with Gasteiger partial charge in [-0.2, -0.15) is 4.31 Å². The van der Waals surface area contributed by atoms with Crippen molar-refractivity contribution in [1.29, 1.82) is 0 Å². The van der Waals surface area contributed by atoms with Gasteiger partial charge in [-0.3, -0.25) is 0 Å². The molecular weight excluding hydrogens is 354 g/mol. The third-order valence-electron chi connectivity index (χ3n) is 5.25. The predicted molar refractivity (Wildman–Crippen MR) is 98.9 cm³/mol. The van der Waals surface area contributed by atoms with Crippen molar-refractivity contribution in [3.05, 3.63) is 24.3 Å². The van der Waals surface area contributed by atoms with Crippen molar-refractivity contribution >= 4 is 10.0 Å². The molecule has 0 bridgehead atoms. The molecule has 2 heterocycles. The molecule has 1 aromatic rings. The Bertz CT molecular complexity index is 680. The SMILES string of the molecule is CCOCC1CCC2(CCN(S(=O)(=O)c3ccc(OCC)cc3)CC2)O1. The van der Waals surface area contributed by atoms with E-state index < -0.39 is 10.0 Å². The average molecular weight is 384 g/mol. The van der Waals surface area contributed by atoms with E-state index in [2.05, 4.69) is 0 Å². The van der Waals surface area contributed by atoms with Gasteiger partial charge >= 0.3 is 0 Å². The second-order valence-corrected chi connectivity index (χ2v) is 8.87. The van der Waals surface area contributed by atoms with Crippen molar-refractivity contribution in [2.75, 3.05) is 32.9 Å². The molecule has 146 valence electrons. The zero-order chi connectivity index (χ0) is 18.6. The van der Waals surface area contributed by atoms with E-state index in [4.69, 9.17) is 14.2 Å². The van der Waals surface area contributed by atoms with Crippen LogP contribution in [0.3, 0.4) is 0 Å². The molecule has 1 aromatic carbocycles. The Morgan fingerprint density at radius 1 is 1.12 bits per heavy atom. The van der Waals surface area contributed by atoms with Crippen LogP contribution in [0.15, 0.2) is 29.2 Å². The van der Waals surface area contributed by atoms with Crippen LogP contribution in [0, 0.1) is 0 Å². The van der Waals surface area contributed by atoms with Crippen LogP contribution < -0.4 is 4.74 Å². The van der Waals surface area contributed by atoms with Gasteiger partial charge in [0.15, 0.2) is 0 Å². The summed E-state index contributed by atoms with van der Waals surface area (Å²) in [5.41, 5.74) is -0.174. The van der Waals surface area contributed by atoms with Crippen LogP contribution in [-0.2, 0) is 19.5 Å². The minimum atomic E-state index is -3.47. The highest BCUT2D eigenvalue weighted by molar-refractivity contribution is 7.89. The standard InChI is InChI=1S/C19H29NO5S/c1-3-23-15-17-9-10-19(25-17)11-13-20(14-12-19)26(21,22)18-7-5-16(6-8-18)24-4-2/h5-8,17H,3-4,9-15H2,1-2H3. The highest BCUT2D eigenvalue weighted by atomic mass is 32.2. The Morgan fingerprint density at radius 2 is 1.81 bits per heavy atom. The second kappa shape index (κ2) is 8.25. The lowest BCUT2D eigenvalue weighted by atomic mass is 9.89. The van der Waals surface area contributed by atoms with Gasteiger partial charge in [0.05, 0.1) is 29.8 Å². The molecule has 1 spiro atoms. The Balaban J connectivity index is 1.60. The van der Waals surface area contributed by atoms with E-state index in [1.54, 1.807) is 28.6 Å². The van der Waals surface area contributed by atoms with E-state index in [1.165, 1.54) is 0 Å². The molecular formula is C19H29NO5S. The monoisotopic (exact) mass is 383 g/mol. The number of hydrogen-bond acceptors (Lipinski definition) is 5. The molecule has 0 aliphatic carbocycles. The average Bonchev–Trinajstić information content (AvgIpc) is 3.03. The molecule has 6 nitrogen and oxygen atoms in total. The van der Waals surface area contributed by atoms with Crippen molar-refractivity contribution in [2.45, 2.75) is 56.1 Å². The summed E-state index contributed by atoms with van der Waals surface area (Å²) >= 11 is 0. The summed E-state index contributed by atoms with van der Waals surface area (Å²) in [6, 6.07) is 6.66. The number of sulfonamides is 1. The summed E-state index contributed by atoms with van der Waals surface area (Å²) in [5.74, 6) is 0.684. The number of benzene rings is 1. The van der Waals surface area contributed by atoms with Crippen molar-refractivity contribution in [3.8, 4) is 5.75 Å². The third kappa shape index (κ3) is 4.22. The smallest absolute Gasteiger partial charge is 0.243 e. The van der Waals surface area contributed by atoms with Crippen molar-refractivity contribution in [1.82, 2.24) is 4.31 Å². The van der Waals surface area contributed by atoms with Crippen LogP contribution >= 0.6 is 0 Å². The molecule has 0 N–H and O–H groups in total. The highest BCUT2D eigenvalue weighted by Crippen LogP contribution is 2.40. The molecule has 1 unspecified atom stereocenters. The maximum Gasteiger partial charge on any atom is 0.243 e. The van der Waals surface area contributed by atoms with Crippen LogP contribution in [0.5, 0.6) is 5.75 Å². The molecule has 3 rings (SSSR count). The van der Waals surface area contributed by atoms with Crippen LogP contribution in [0.2, 0.25) is 0 Å². The van der Waals surface area contributed by atoms with Gasteiger partial charge in [0, 0.05) is 19.7 Å². The van der Waals surface area contributed by atoms with E-state index >= 15 is 0 Å². The molecule has 7 heteroatoms. The van der Waals surface area contributed by atoms with Gasteiger partial charge in [-0.25, -0.2) is 8.42 Å². The Labute approximate surface area is 156 Å². The zero-order valence-corrected chi connectivity index (χ0v) is 16.5. The fourth-order valence-electron chi connectivity index (χ4n) is 3.79. The minimum Gasteiger partial charge on any atom is -0.494 e. The fourth-order valence-corrected chi connectivity index (χ4v) is 5.23. The van der Waals surface area contributed by atoms with Crippen LogP contribution in [0.4, 0.5) is 0 Å². The summed E-state index contributed by atoms with van der Waals surface area (Å²) in [7, 11) is -3.47. The van der Waals surface area contributed by atoms with Gasteiger partial charge in [0.25, 0.3) is 0 Å². The topological polar surface area (TPSA) is 65.1 Å². The lowest BCUT2D eigenvalue weighted by molar-refractivity contribution is -0.0900. The lowest BCUT2D eigenvalue weighted by Gasteiger charge is -2.38. The first-order valence-electron chi connectivity index (χ1n) is 9.48. The first kappa shape index (κ1) is 19.6. The van der Waals surface area contributed by atoms with Gasteiger partial charge in [0.1, 0.15) is 5.75 Å². The summed E-state index contributed by atoms with van der Waals surface area (Å²) in [6.45, 7) is 6.76. The van der Waals surface area contributed by atoms with Gasteiger partial charge in [0.2, 0.25) is 10.0 Å². The molecule has 2 aliphatic rings. The summed E-state index contributed by atoms with van der Waals surface area (Å²) in [5, 5.41) is 0. The molecule has 0 radical (unpaired) electrons. The lowest BCUT2D eigenvalue weighted by Crippen LogP contribution is -2.46. The molecule has 26 heavy (non-hydrogen) atoms. The third-order valence-corrected chi connectivity index (χ3v) is 7.17. The normalized spacial score (nSPS) is 23.4. The van der Waals surface area contributed by atoms with E-state index in [9.17, 15) is 8.42 Å². The maximum absolute atomic E-state index is 12.9. The van der Waals surface area contributed by atoms with Gasteiger partial charge in [-0.1, -0.05) is 0 Å². The number of rotatable bonds is 7. The Hall–Kier alpha value is -1.15. The number of piperidine rings is 1. The number of hydrogen-bond donors (Lipinski definition) is 0. The molecule has 0 saturated carbocycles. The van der Waals surface area contributed by atoms with Crippen molar-refractivity contribution < 1.29 is 22.6 Å². The molecule has 0 amide bonds. The molecule has 0 aromatic heterocycles. The number of ether oxygens (including phenoxy) is 3. The van der Waals surface area contributed by atoms with Gasteiger partial charge in [-0.15, -0.1) is 0 Å². The summed E-state index contributed by atoms with van der Waals surface area (Å²) in [6.07, 6.45) is 3.61. The van der Waals surface area contributed by atoms with Crippen LogP contribution in [0.1, 0.15) is 39.5 Å². The van der Waals surface area contributed by atoms with Crippen molar-refractivity contribution in [3.63, 3.8) is 0 Å². The Morgan fingerprint density at radius 3 is 2.42 bits per heavy atom. The van der Waals surface area contributed by atoms with Crippen LogP contribution in [0.25, 0.3) is 0 Å². The van der Waals surface area contributed by atoms with Crippen LogP contribution in [-0.4, -0.2) is 57.3 Å². The summed E-state index contributed by atoms with van der Waals surface area (Å²) < 4.78 is 44.4. The predicted octanol–water partition coefficient (Wildman–Crippen LogP) is 2.82. The zero-order valence-electron chi connectivity index (χ0n) is 15.6. The van der Waals surface area contributed by atoms with Gasteiger partial charge in [-0.05, 0) is 63.8 Å². The first-order valence-corrected chi connectivity index (χ1v) is 10.9. The van der Waals surface area contributed by atoms with E-state index in [-0.39, 0.29) is 11.7 Å². The molecule has 2 aliphatic heterocycles. The Kier molecular flexibility index (Phi) is 6.22. The van der Waals surface area contributed by atoms with E-state index in [0.29, 0.717) is 43.6 Å². The molecule has 2 saturated heterocycles. The largest absolute Gasteiger partial charge is 0.494 e. The molecule has 2 fully saturated rings.